The van der Waals surface area contributed by atoms with E-state index in [4.69, 9.17) is 0 Å². The topological polar surface area (TPSA) is 68.1 Å². The number of benzene rings is 1. The lowest BCUT2D eigenvalue weighted by Gasteiger charge is -2.24. The fraction of sp³-hybridized carbons (Fsp3) is 0.294. The van der Waals surface area contributed by atoms with Crippen molar-refractivity contribution < 1.29 is 9.52 Å². The lowest BCUT2D eigenvalue weighted by Crippen LogP contribution is -2.39. The average molecular weight is 299 g/mol. The van der Waals surface area contributed by atoms with Gasteiger partial charge in [-0.15, -0.1) is 0 Å². The molecule has 0 radical (unpaired) electrons. The molecule has 0 spiro atoms. The summed E-state index contributed by atoms with van der Waals surface area (Å²) in [5, 5.41) is 17.3. The number of rotatable bonds is 6. The van der Waals surface area contributed by atoms with Crippen LogP contribution in [0.15, 0.2) is 54.9 Å². The monoisotopic (exact) mass is 299 g/mol. The fourth-order valence-corrected chi connectivity index (χ4v) is 2.07. The molecule has 2 aromatic rings. The van der Waals surface area contributed by atoms with Crippen LogP contribution in [0.1, 0.15) is 24.2 Å². The van der Waals surface area contributed by atoms with Gasteiger partial charge in [-0.3, -0.25) is 4.79 Å². The van der Waals surface area contributed by atoms with Crippen LogP contribution in [-0.4, -0.2) is 18.5 Å². The van der Waals surface area contributed by atoms with Crippen LogP contribution in [0.2, 0.25) is 0 Å². The third-order valence-corrected chi connectivity index (χ3v) is 3.48. The van der Waals surface area contributed by atoms with Crippen LogP contribution in [0.3, 0.4) is 0 Å². The first-order valence-corrected chi connectivity index (χ1v) is 7.35. The number of amides is 1. The molecule has 1 atom stereocenters. The molecule has 5 heteroatoms. The first kappa shape index (κ1) is 15.8. The molecule has 0 bridgehead atoms. The number of nitrogens with one attached hydrogen (secondary N) is 2. The molecule has 5 nitrogen and oxygen atoms in total. The van der Waals surface area contributed by atoms with Gasteiger partial charge in [0.25, 0.3) is 5.91 Å². The zero-order valence-electron chi connectivity index (χ0n) is 12.8. The number of anilines is 1. The minimum absolute atomic E-state index is 0.125. The summed E-state index contributed by atoms with van der Waals surface area (Å²) in [5.74, 6) is 0.182. The van der Waals surface area contributed by atoms with Crippen molar-refractivity contribution in [2.45, 2.75) is 19.9 Å². The predicted octanol–water partition coefficient (Wildman–Crippen LogP) is 2.19. The minimum atomic E-state index is -0.180. The summed E-state index contributed by atoms with van der Waals surface area (Å²) in [6.07, 6.45) is 2.63. The van der Waals surface area contributed by atoms with E-state index in [0.29, 0.717) is 22.8 Å². The Morgan fingerprint density at radius 2 is 1.77 bits per heavy atom. The second-order valence-corrected chi connectivity index (χ2v) is 5.52. The highest BCUT2D eigenvalue weighted by atomic mass is 16.5. The minimum Gasteiger partial charge on any atom is -0.619 e. The van der Waals surface area contributed by atoms with Crippen LogP contribution in [0.25, 0.3) is 0 Å². The molecular weight excluding hydrogens is 278 g/mol. The van der Waals surface area contributed by atoms with Gasteiger partial charge < -0.3 is 15.8 Å². The average Bonchev–Trinajstić information content (AvgIpc) is 2.52. The summed E-state index contributed by atoms with van der Waals surface area (Å²) in [4.78, 5) is 12.1. The van der Waals surface area contributed by atoms with Gasteiger partial charge in [-0.2, -0.15) is 4.73 Å². The number of para-hydroxylation sites is 1. The maximum atomic E-state index is 12.1. The van der Waals surface area contributed by atoms with Crippen LogP contribution >= 0.6 is 0 Å². The van der Waals surface area contributed by atoms with E-state index in [0.717, 1.165) is 5.69 Å². The van der Waals surface area contributed by atoms with Crippen LogP contribution in [0.5, 0.6) is 0 Å². The molecule has 2 N–H and O–H groups in total. The van der Waals surface area contributed by atoms with E-state index in [2.05, 4.69) is 24.5 Å². The number of hydrogen-bond donors (Lipinski definition) is 2. The maximum absolute atomic E-state index is 12.1. The van der Waals surface area contributed by atoms with Crippen molar-refractivity contribution in [2.75, 3.05) is 11.9 Å². The molecule has 1 aromatic carbocycles. The third kappa shape index (κ3) is 4.48. The highest BCUT2D eigenvalue weighted by Gasteiger charge is 2.15. The molecule has 0 unspecified atom stereocenters. The molecule has 0 aliphatic carbocycles. The van der Waals surface area contributed by atoms with Crippen LogP contribution in [0, 0.1) is 11.1 Å². The number of hydrogen-bond acceptors (Lipinski definition) is 3. The van der Waals surface area contributed by atoms with E-state index in [-0.39, 0.29) is 11.9 Å². The van der Waals surface area contributed by atoms with Crippen molar-refractivity contribution in [3.05, 3.63) is 65.6 Å². The normalized spacial score (nSPS) is 12.0. The predicted molar refractivity (Wildman–Crippen MR) is 86.4 cm³/mol. The van der Waals surface area contributed by atoms with Crippen LogP contribution in [-0.2, 0) is 0 Å². The van der Waals surface area contributed by atoms with Gasteiger partial charge in [0.15, 0.2) is 12.4 Å². The molecule has 0 fully saturated rings. The molecule has 0 saturated heterocycles. The number of aromatic nitrogens is 1. The summed E-state index contributed by atoms with van der Waals surface area (Å²) >= 11 is 0. The van der Waals surface area contributed by atoms with Crippen molar-refractivity contribution in [1.29, 1.82) is 0 Å². The first-order valence-electron chi connectivity index (χ1n) is 7.35. The second kappa shape index (κ2) is 7.45. The Morgan fingerprint density at radius 1 is 1.14 bits per heavy atom. The molecule has 22 heavy (non-hydrogen) atoms. The van der Waals surface area contributed by atoms with Crippen molar-refractivity contribution in [2.24, 2.45) is 5.92 Å². The molecule has 1 aromatic heterocycles. The van der Waals surface area contributed by atoms with Gasteiger partial charge in [0.2, 0.25) is 0 Å². The molecule has 1 heterocycles. The molecule has 2 rings (SSSR count). The van der Waals surface area contributed by atoms with Gasteiger partial charge in [0.05, 0.1) is 5.56 Å². The molecule has 0 aliphatic rings. The quantitative estimate of drug-likeness (QED) is 0.634. The van der Waals surface area contributed by atoms with E-state index >= 15 is 0 Å². The summed E-state index contributed by atoms with van der Waals surface area (Å²) in [6, 6.07) is 13.1. The first-order chi connectivity index (χ1) is 10.6. The van der Waals surface area contributed by atoms with Crippen LogP contribution in [0.4, 0.5) is 5.69 Å². The Balaban J connectivity index is 1.94. The van der Waals surface area contributed by atoms with Crippen molar-refractivity contribution in [3.63, 3.8) is 0 Å². The maximum Gasteiger partial charge on any atom is 0.251 e. The number of carbonyl (C=O) groups is 1. The Bertz CT molecular complexity index is 597. The van der Waals surface area contributed by atoms with Gasteiger partial charge in [-0.25, -0.2) is 0 Å². The Morgan fingerprint density at radius 3 is 2.36 bits per heavy atom. The van der Waals surface area contributed by atoms with E-state index in [1.54, 1.807) is 0 Å². The fourth-order valence-electron chi connectivity index (χ4n) is 2.07. The second-order valence-electron chi connectivity index (χ2n) is 5.52. The van der Waals surface area contributed by atoms with E-state index < -0.39 is 0 Å². The molecule has 0 saturated carbocycles. The van der Waals surface area contributed by atoms with Gasteiger partial charge in [0, 0.05) is 30.4 Å². The van der Waals surface area contributed by atoms with Gasteiger partial charge in [-0.05, 0) is 18.1 Å². The van der Waals surface area contributed by atoms with E-state index in [1.807, 2.05) is 30.3 Å². The summed E-state index contributed by atoms with van der Waals surface area (Å²) in [7, 11) is 0. The highest BCUT2D eigenvalue weighted by Crippen LogP contribution is 2.12. The lowest BCUT2D eigenvalue weighted by atomic mass is 10.0. The summed E-state index contributed by atoms with van der Waals surface area (Å²) in [6.45, 7) is 4.73. The zero-order chi connectivity index (χ0) is 15.9. The van der Waals surface area contributed by atoms with Gasteiger partial charge in [0.1, 0.15) is 0 Å². The number of pyridine rings is 1. The van der Waals surface area contributed by atoms with E-state index in [1.165, 1.54) is 24.5 Å². The Labute approximate surface area is 130 Å². The number of carbonyl (C=O) groups excluding carboxylic acids is 1. The SMILES string of the molecule is CC(C)[C@@H](CNC(=O)c1cc[n+]([O-])cc1)Nc1ccccc1. The standard InChI is InChI=1S/C17H21N3O2/c1-13(2)16(19-15-6-4-3-5-7-15)12-18-17(21)14-8-10-20(22)11-9-14/h3-11,13,16,19H,12H2,1-2H3,(H,18,21)/t16-/m1/s1. The Kier molecular flexibility index (Phi) is 5.36. The molecular formula is C17H21N3O2. The largest absolute Gasteiger partial charge is 0.619 e. The zero-order valence-corrected chi connectivity index (χ0v) is 12.8. The third-order valence-electron chi connectivity index (χ3n) is 3.48. The summed E-state index contributed by atoms with van der Waals surface area (Å²) < 4.78 is 0.657. The lowest BCUT2D eigenvalue weighted by molar-refractivity contribution is -0.605. The van der Waals surface area contributed by atoms with Gasteiger partial charge >= 0.3 is 0 Å². The van der Waals surface area contributed by atoms with Crippen molar-refractivity contribution in [3.8, 4) is 0 Å². The van der Waals surface area contributed by atoms with Crippen LogP contribution < -0.4 is 15.4 Å². The number of nitrogens with zero attached hydrogens (tertiary/aromatic N) is 1. The smallest absolute Gasteiger partial charge is 0.251 e. The molecule has 1 amide bonds. The van der Waals surface area contributed by atoms with Gasteiger partial charge in [-0.1, -0.05) is 32.0 Å². The van der Waals surface area contributed by atoms with Crippen molar-refractivity contribution >= 4 is 11.6 Å². The van der Waals surface area contributed by atoms with E-state index in [9.17, 15) is 10.0 Å². The summed E-state index contributed by atoms with van der Waals surface area (Å²) in [5.41, 5.74) is 1.51. The Hall–Kier alpha value is -2.56. The molecule has 116 valence electrons. The highest BCUT2D eigenvalue weighted by molar-refractivity contribution is 5.93. The van der Waals surface area contributed by atoms with Crippen molar-refractivity contribution in [1.82, 2.24) is 5.32 Å². The molecule has 0 aliphatic heterocycles.